The third kappa shape index (κ3) is 4.68. The summed E-state index contributed by atoms with van der Waals surface area (Å²) in [6, 6.07) is 9.41. The van der Waals surface area contributed by atoms with Crippen LogP contribution in [0.2, 0.25) is 5.02 Å². The second-order valence-corrected chi connectivity index (χ2v) is 8.94. The molecule has 9 nitrogen and oxygen atoms in total. The summed E-state index contributed by atoms with van der Waals surface area (Å²) in [5.74, 6) is -0.0897. The minimum Gasteiger partial charge on any atom is -0.357 e. The highest BCUT2D eigenvalue weighted by molar-refractivity contribution is 6.33. The predicted molar refractivity (Wildman–Crippen MR) is 135 cm³/mol. The molecule has 0 saturated carbocycles. The Balaban J connectivity index is 1.62. The topological polar surface area (TPSA) is 117 Å². The van der Waals surface area contributed by atoms with Gasteiger partial charge in [-0.1, -0.05) is 23.7 Å². The largest absolute Gasteiger partial charge is 0.357 e. The number of hydrogen-bond donors (Lipinski definition) is 2. The number of nitrogens with one attached hydrogen (secondary N) is 1. The average Bonchev–Trinajstić information content (AvgIpc) is 2.88. The van der Waals surface area contributed by atoms with Crippen LogP contribution in [0.15, 0.2) is 47.4 Å². The van der Waals surface area contributed by atoms with Gasteiger partial charge in [0.05, 0.1) is 25.8 Å². The van der Waals surface area contributed by atoms with Gasteiger partial charge in [0.2, 0.25) is 5.95 Å². The maximum atomic E-state index is 14.4. The van der Waals surface area contributed by atoms with Gasteiger partial charge in [-0.05, 0) is 31.2 Å². The molecule has 0 atom stereocenters. The smallest absolute Gasteiger partial charge is 0.260 e. The Kier molecular flexibility index (Phi) is 6.67. The summed E-state index contributed by atoms with van der Waals surface area (Å²) in [4.78, 5) is 26.8. The molecular weight excluding hydrogens is 487 g/mol. The van der Waals surface area contributed by atoms with Gasteiger partial charge >= 0.3 is 0 Å². The summed E-state index contributed by atoms with van der Waals surface area (Å²) in [5.41, 5.74) is 8.14. The quantitative estimate of drug-likeness (QED) is 0.420. The molecular formula is C25H24ClFN6O3. The minimum absolute atomic E-state index is 0.101. The van der Waals surface area contributed by atoms with Crippen molar-refractivity contribution in [3.8, 4) is 22.4 Å². The third-order valence-electron chi connectivity index (χ3n) is 5.89. The number of pyridine rings is 2. The lowest BCUT2D eigenvalue weighted by molar-refractivity contribution is -0.191. The molecule has 1 saturated heterocycles. The second-order valence-electron chi connectivity index (χ2n) is 8.53. The average molecular weight is 511 g/mol. The number of rotatable bonds is 5. The highest BCUT2D eigenvalue weighted by Gasteiger charge is 2.23. The molecule has 3 N–H and O–H groups in total. The van der Waals surface area contributed by atoms with Crippen molar-refractivity contribution in [2.24, 2.45) is 5.73 Å². The molecule has 1 fully saturated rings. The lowest BCUT2D eigenvalue weighted by Gasteiger charge is -2.28. The van der Waals surface area contributed by atoms with Gasteiger partial charge in [0, 0.05) is 46.0 Å². The molecule has 1 aliphatic heterocycles. The standard InChI is InChI=1S/C25H24ClFN6O3/c1-13-3-6-20(27)22(31-13)14-4-5-17(19(26)8-14)18-7-15-9-30-25(29-2)32-23(15)33(24(18)34)10-21-35-11-16(28)12-36-21/h3-9,16,21H,10-12,28H2,1-2H3,(H,29,30,32). The lowest BCUT2D eigenvalue weighted by atomic mass is 10.0. The number of nitrogens with zero attached hydrogens (tertiary/aromatic N) is 4. The zero-order chi connectivity index (χ0) is 25.4. The normalized spacial score (nSPS) is 17.9. The Morgan fingerprint density at radius 2 is 1.94 bits per heavy atom. The Morgan fingerprint density at radius 1 is 1.17 bits per heavy atom. The summed E-state index contributed by atoms with van der Waals surface area (Å²) in [5, 5.41) is 3.79. The number of anilines is 1. The van der Waals surface area contributed by atoms with E-state index in [2.05, 4.69) is 20.3 Å². The van der Waals surface area contributed by atoms with Crippen LogP contribution in [0.4, 0.5) is 10.3 Å². The number of aromatic nitrogens is 4. The summed E-state index contributed by atoms with van der Waals surface area (Å²) < 4.78 is 27.2. The fraction of sp³-hybridized carbons (Fsp3) is 0.280. The van der Waals surface area contributed by atoms with Gasteiger partial charge < -0.3 is 20.5 Å². The fourth-order valence-electron chi connectivity index (χ4n) is 4.08. The number of benzene rings is 1. The Morgan fingerprint density at radius 3 is 2.67 bits per heavy atom. The van der Waals surface area contributed by atoms with E-state index in [1.165, 1.54) is 10.6 Å². The van der Waals surface area contributed by atoms with Gasteiger partial charge in [-0.15, -0.1) is 0 Å². The number of aryl methyl sites for hydroxylation is 1. The van der Waals surface area contributed by atoms with Gasteiger partial charge in [-0.25, -0.2) is 9.37 Å². The van der Waals surface area contributed by atoms with Crippen molar-refractivity contribution in [3.63, 3.8) is 0 Å². The number of halogens is 2. The molecule has 1 aromatic carbocycles. The van der Waals surface area contributed by atoms with E-state index in [1.54, 1.807) is 50.5 Å². The van der Waals surface area contributed by atoms with E-state index in [-0.39, 0.29) is 28.9 Å². The van der Waals surface area contributed by atoms with Crippen LogP contribution in [0, 0.1) is 12.7 Å². The minimum atomic E-state index is -0.665. The second kappa shape index (κ2) is 9.90. The van der Waals surface area contributed by atoms with E-state index in [1.807, 2.05) is 0 Å². The summed E-state index contributed by atoms with van der Waals surface area (Å²) in [6.45, 7) is 2.53. The van der Waals surface area contributed by atoms with Crippen molar-refractivity contribution in [2.45, 2.75) is 25.8 Å². The number of nitrogens with two attached hydrogens (primary N) is 1. The van der Waals surface area contributed by atoms with Crippen LogP contribution in [0.1, 0.15) is 5.69 Å². The maximum Gasteiger partial charge on any atom is 0.260 e. The van der Waals surface area contributed by atoms with E-state index in [0.717, 1.165) is 0 Å². The SMILES string of the molecule is CNc1ncc2cc(-c3ccc(-c4nc(C)ccc4F)cc3Cl)c(=O)n(CC3OCC(N)CO3)c2n1. The van der Waals surface area contributed by atoms with Crippen molar-refractivity contribution in [2.75, 3.05) is 25.6 Å². The Hall–Kier alpha value is -3.44. The van der Waals surface area contributed by atoms with Crippen LogP contribution in [0.25, 0.3) is 33.4 Å². The van der Waals surface area contributed by atoms with Crippen LogP contribution < -0.4 is 16.6 Å². The molecule has 0 bridgehead atoms. The van der Waals surface area contributed by atoms with Crippen molar-refractivity contribution >= 4 is 28.6 Å². The molecule has 36 heavy (non-hydrogen) atoms. The van der Waals surface area contributed by atoms with Gasteiger partial charge in [0.25, 0.3) is 5.56 Å². The van der Waals surface area contributed by atoms with Gasteiger partial charge in [0.1, 0.15) is 17.2 Å². The van der Waals surface area contributed by atoms with Crippen molar-refractivity contribution in [1.82, 2.24) is 19.5 Å². The third-order valence-corrected chi connectivity index (χ3v) is 6.21. The predicted octanol–water partition coefficient (Wildman–Crippen LogP) is 3.36. The first-order valence-electron chi connectivity index (χ1n) is 11.3. The fourth-order valence-corrected chi connectivity index (χ4v) is 4.36. The maximum absolute atomic E-state index is 14.4. The highest BCUT2D eigenvalue weighted by Crippen LogP contribution is 2.32. The highest BCUT2D eigenvalue weighted by atomic mass is 35.5. The number of hydrogen-bond acceptors (Lipinski definition) is 8. The zero-order valence-electron chi connectivity index (χ0n) is 19.7. The van der Waals surface area contributed by atoms with E-state index < -0.39 is 12.1 Å². The van der Waals surface area contributed by atoms with Crippen molar-refractivity contribution < 1.29 is 13.9 Å². The molecule has 4 aromatic rings. The van der Waals surface area contributed by atoms with Gasteiger partial charge in [0.15, 0.2) is 6.29 Å². The van der Waals surface area contributed by atoms with Crippen LogP contribution in [-0.4, -0.2) is 52.1 Å². The summed E-state index contributed by atoms with van der Waals surface area (Å²) in [7, 11) is 1.69. The van der Waals surface area contributed by atoms with Gasteiger partial charge in [-0.2, -0.15) is 4.98 Å². The van der Waals surface area contributed by atoms with Crippen molar-refractivity contribution in [3.05, 3.63) is 69.5 Å². The molecule has 0 amide bonds. The van der Waals surface area contributed by atoms with E-state index in [4.69, 9.17) is 26.8 Å². The molecule has 0 aliphatic carbocycles. The first-order chi connectivity index (χ1) is 17.3. The summed E-state index contributed by atoms with van der Waals surface area (Å²) >= 11 is 6.63. The van der Waals surface area contributed by atoms with E-state index in [9.17, 15) is 9.18 Å². The Bertz CT molecular complexity index is 1500. The molecule has 0 spiro atoms. The number of ether oxygens (including phenoxy) is 2. The van der Waals surface area contributed by atoms with E-state index in [0.29, 0.717) is 52.6 Å². The first kappa shape index (κ1) is 24.3. The zero-order valence-corrected chi connectivity index (χ0v) is 20.4. The molecule has 1 aliphatic rings. The molecule has 186 valence electrons. The van der Waals surface area contributed by atoms with Crippen LogP contribution in [0.5, 0.6) is 0 Å². The monoisotopic (exact) mass is 510 g/mol. The molecule has 0 radical (unpaired) electrons. The first-order valence-corrected chi connectivity index (χ1v) is 11.7. The molecule has 3 aromatic heterocycles. The molecule has 11 heteroatoms. The summed E-state index contributed by atoms with van der Waals surface area (Å²) in [6.07, 6.45) is 0.961. The number of fused-ring (bicyclic) bond motifs is 1. The van der Waals surface area contributed by atoms with Gasteiger partial charge in [-0.3, -0.25) is 14.3 Å². The molecule has 5 rings (SSSR count). The van der Waals surface area contributed by atoms with Crippen LogP contribution >= 0.6 is 11.6 Å². The van der Waals surface area contributed by atoms with Crippen LogP contribution in [-0.2, 0) is 16.0 Å². The molecule has 4 heterocycles. The van der Waals surface area contributed by atoms with E-state index >= 15 is 0 Å². The lowest BCUT2D eigenvalue weighted by Crippen LogP contribution is -2.43. The van der Waals surface area contributed by atoms with Crippen LogP contribution in [0.3, 0.4) is 0 Å². The van der Waals surface area contributed by atoms with Crippen molar-refractivity contribution in [1.29, 1.82) is 0 Å². The Labute approximate surface area is 211 Å². The molecule has 0 unspecified atom stereocenters.